The Hall–Kier alpha value is -1.65. The predicted octanol–water partition coefficient (Wildman–Crippen LogP) is -0.175. The molecule has 1 unspecified atom stereocenters. The van der Waals surface area contributed by atoms with E-state index in [1.54, 1.807) is 4.90 Å². The summed E-state index contributed by atoms with van der Waals surface area (Å²) in [4.78, 5) is 37.2. The van der Waals surface area contributed by atoms with Gasteiger partial charge in [-0.25, -0.2) is 0 Å². The number of hydrogen-bond donors (Lipinski definition) is 1. The number of benzene rings is 1. The van der Waals surface area contributed by atoms with Gasteiger partial charge >= 0.3 is 122 Å². The molecule has 1 saturated heterocycles. The van der Waals surface area contributed by atoms with Crippen molar-refractivity contribution >= 4 is 37.1 Å². The van der Waals surface area contributed by atoms with Crippen LogP contribution in [0.2, 0.25) is 5.82 Å². The quantitative estimate of drug-likeness (QED) is 0.602. The molecule has 0 bridgehead atoms. The first kappa shape index (κ1) is 13.3. The fraction of sp³-hybridized carbons (Fsp3) is 0.357. The molecular formula is C14H14N2O3Se. The van der Waals surface area contributed by atoms with Crippen LogP contribution in [0.4, 0.5) is 0 Å². The third-order valence-electron chi connectivity index (χ3n) is 3.76. The van der Waals surface area contributed by atoms with Gasteiger partial charge < -0.3 is 0 Å². The van der Waals surface area contributed by atoms with Crippen molar-refractivity contribution in [3.63, 3.8) is 0 Å². The number of carbonyl (C=O) groups is 3. The second-order valence-electron chi connectivity index (χ2n) is 4.89. The Kier molecular flexibility index (Phi) is 3.36. The van der Waals surface area contributed by atoms with Crippen LogP contribution in [0.1, 0.15) is 28.8 Å². The van der Waals surface area contributed by atoms with Crippen LogP contribution in [0, 0.1) is 0 Å². The van der Waals surface area contributed by atoms with Gasteiger partial charge in [0, 0.05) is 0 Å². The molecule has 20 heavy (non-hydrogen) atoms. The van der Waals surface area contributed by atoms with E-state index in [2.05, 4.69) is 11.1 Å². The monoisotopic (exact) mass is 338 g/mol. The van der Waals surface area contributed by atoms with Crippen LogP contribution in [0.5, 0.6) is 0 Å². The first-order chi connectivity index (χ1) is 9.61. The summed E-state index contributed by atoms with van der Waals surface area (Å²) in [6.45, 7) is 0.478. The number of amides is 3. The number of nitrogens with zero attached hydrogens (tertiary/aromatic N) is 1. The average Bonchev–Trinajstić information content (AvgIpc) is 2.76. The third-order valence-corrected chi connectivity index (χ3v) is 5.48. The van der Waals surface area contributed by atoms with E-state index < -0.39 is 6.04 Å². The first-order valence-corrected chi connectivity index (χ1v) is 8.99. The summed E-state index contributed by atoms with van der Waals surface area (Å²) in [5.74, 6) is 1.40. The molecule has 1 aromatic carbocycles. The van der Waals surface area contributed by atoms with Crippen LogP contribution in [0.15, 0.2) is 18.2 Å². The molecule has 0 aliphatic carbocycles. The van der Waals surface area contributed by atoms with Crippen molar-refractivity contribution in [3.05, 3.63) is 29.3 Å². The second-order valence-corrected chi connectivity index (χ2v) is 6.67. The maximum atomic E-state index is 12.5. The van der Waals surface area contributed by atoms with Crippen molar-refractivity contribution in [2.45, 2.75) is 31.3 Å². The average molecular weight is 337 g/mol. The van der Waals surface area contributed by atoms with Gasteiger partial charge in [0.05, 0.1) is 0 Å². The summed E-state index contributed by atoms with van der Waals surface area (Å²) in [5, 5.41) is 2.31. The van der Waals surface area contributed by atoms with Gasteiger partial charge in [0.25, 0.3) is 0 Å². The van der Waals surface area contributed by atoms with E-state index in [1.807, 2.05) is 18.2 Å². The Balaban J connectivity index is 1.90. The van der Waals surface area contributed by atoms with E-state index in [1.165, 1.54) is 4.46 Å². The Labute approximate surface area is 122 Å². The molecule has 104 valence electrons. The van der Waals surface area contributed by atoms with Crippen molar-refractivity contribution < 1.29 is 14.4 Å². The second kappa shape index (κ2) is 5.03. The number of imide groups is 1. The van der Waals surface area contributed by atoms with Crippen LogP contribution >= 0.6 is 0 Å². The molecule has 6 heteroatoms. The molecule has 0 aromatic heterocycles. The standard InChI is InChI=1S/C14H14N2O3Se/c1-20-11-4-2-3-8-9(11)7-16(14(8)19)10-5-6-12(17)15-13(10)18/h2-4,10H,5-7H2,1H3,(H,15,17,18). The van der Waals surface area contributed by atoms with Crippen molar-refractivity contribution in [3.8, 4) is 0 Å². The van der Waals surface area contributed by atoms with Gasteiger partial charge in [-0.1, -0.05) is 0 Å². The summed E-state index contributed by atoms with van der Waals surface area (Å²) in [7, 11) is 0. The molecule has 2 heterocycles. The van der Waals surface area contributed by atoms with E-state index in [-0.39, 0.29) is 17.7 Å². The topological polar surface area (TPSA) is 66.5 Å². The van der Waals surface area contributed by atoms with Gasteiger partial charge in [-0.05, 0) is 0 Å². The summed E-state index contributed by atoms with van der Waals surface area (Å²) < 4.78 is 1.21. The molecule has 2 aliphatic rings. The molecule has 3 rings (SSSR count). The normalized spacial score (nSPS) is 21.9. The Morgan fingerprint density at radius 2 is 2.10 bits per heavy atom. The molecular weight excluding hydrogens is 323 g/mol. The molecule has 0 saturated carbocycles. The molecule has 0 radical (unpaired) electrons. The molecule has 3 amide bonds. The zero-order chi connectivity index (χ0) is 14.3. The fourth-order valence-electron chi connectivity index (χ4n) is 2.75. The molecule has 2 aliphatic heterocycles. The third kappa shape index (κ3) is 2.05. The summed E-state index contributed by atoms with van der Waals surface area (Å²) >= 11 is 0.312. The van der Waals surface area contributed by atoms with Crippen molar-refractivity contribution in [1.82, 2.24) is 10.2 Å². The first-order valence-electron chi connectivity index (χ1n) is 6.42. The summed E-state index contributed by atoms with van der Waals surface area (Å²) in [6, 6.07) is 5.23. The van der Waals surface area contributed by atoms with Crippen molar-refractivity contribution in [2.75, 3.05) is 0 Å². The van der Waals surface area contributed by atoms with Crippen LogP contribution in [0.25, 0.3) is 0 Å². The van der Waals surface area contributed by atoms with Crippen LogP contribution in [-0.2, 0) is 16.1 Å². The molecule has 1 atom stereocenters. The van der Waals surface area contributed by atoms with E-state index in [9.17, 15) is 14.4 Å². The SMILES string of the molecule is C[Se]c1cccc2c1CN(C1CCC(=O)NC1=O)C2=O. The van der Waals surface area contributed by atoms with Crippen molar-refractivity contribution in [1.29, 1.82) is 0 Å². The number of fused-ring (bicyclic) bond motifs is 1. The number of carbonyl (C=O) groups excluding carboxylic acids is 3. The van der Waals surface area contributed by atoms with Gasteiger partial charge in [0.15, 0.2) is 0 Å². The van der Waals surface area contributed by atoms with Crippen LogP contribution < -0.4 is 9.78 Å². The Morgan fingerprint density at radius 3 is 2.80 bits per heavy atom. The minimum absolute atomic E-state index is 0.0967. The molecule has 5 nitrogen and oxygen atoms in total. The molecule has 1 fully saturated rings. The molecule has 1 N–H and O–H groups in total. The molecule has 0 spiro atoms. The number of rotatable bonds is 2. The van der Waals surface area contributed by atoms with E-state index >= 15 is 0 Å². The van der Waals surface area contributed by atoms with Crippen molar-refractivity contribution in [2.24, 2.45) is 0 Å². The zero-order valence-electron chi connectivity index (χ0n) is 11.0. The summed E-state index contributed by atoms with van der Waals surface area (Å²) in [6.07, 6.45) is 0.706. The zero-order valence-corrected chi connectivity index (χ0v) is 12.7. The van der Waals surface area contributed by atoms with E-state index in [4.69, 9.17) is 0 Å². The van der Waals surface area contributed by atoms with Gasteiger partial charge in [-0.3, -0.25) is 0 Å². The van der Waals surface area contributed by atoms with E-state index in [0.29, 0.717) is 39.9 Å². The van der Waals surface area contributed by atoms with E-state index in [0.717, 1.165) is 5.56 Å². The fourth-order valence-corrected chi connectivity index (χ4v) is 4.08. The van der Waals surface area contributed by atoms with Gasteiger partial charge in [0.1, 0.15) is 0 Å². The maximum absolute atomic E-state index is 12.5. The predicted molar refractivity (Wildman–Crippen MR) is 73.7 cm³/mol. The van der Waals surface area contributed by atoms with Gasteiger partial charge in [-0.2, -0.15) is 0 Å². The van der Waals surface area contributed by atoms with Crippen LogP contribution in [0.3, 0.4) is 0 Å². The summed E-state index contributed by atoms with van der Waals surface area (Å²) in [5.41, 5.74) is 1.75. The number of piperidine rings is 1. The Bertz CT molecular complexity index is 614. The molecule has 1 aromatic rings. The van der Waals surface area contributed by atoms with Gasteiger partial charge in [0.2, 0.25) is 0 Å². The number of hydrogen-bond acceptors (Lipinski definition) is 3. The van der Waals surface area contributed by atoms with Gasteiger partial charge in [-0.15, -0.1) is 0 Å². The Morgan fingerprint density at radius 1 is 1.30 bits per heavy atom. The minimum atomic E-state index is -0.523. The van der Waals surface area contributed by atoms with Crippen LogP contribution in [-0.4, -0.2) is 43.6 Å². The number of nitrogens with one attached hydrogen (secondary N) is 1.